The van der Waals surface area contributed by atoms with E-state index in [2.05, 4.69) is 20.6 Å². The second-order valence-electron chi connectivity index (χ2n) is 15.9. The number of nitrogens with one attached hydrogen (secondary N) is 4. The molecule has 2 aromatic rings. The van der Waals surface area contributed by atoms with Crippen LogP contribution in [0, 0.1) is 22.7 Å². The Labute approximate surface area is 337 Å². The molecule has 0 saturated carbocycles. The molecular weight excluding hydrogens is 754 g/mol. The summed E-state index contributed by atoms with van der Waals surface area (Å²) < 4.78 is 34.7. The molecule has 0 aliphatic carbocycles. The molecule has 18 heteroatoms. The lowest BCUT2D eigenvalue weighted by molar-refractivity contribution is -0.169. The average Bonchev–Trinajstić information content (AvgIpc) is 3.72. The zero-order valence-corrected chi connectivity index (χ0v) is 34.4. The minimum Gasteiger partial charge on any atom is -0.463 e. The van der Waals surface area contributed by atoms with Crippen molar-refractivity contribution in [2.45, 2.75) is 117 Å². The van der Waals surface area contributed by atoms with E-state index in [1.165, 1.54) is 26.0 Å². The minimum atomic E-state index is -2.34. The summed E-state index contributed by atoms with van der Waals surface area (Å²) in [6, 6.07) is 12.2. The molecule has 1 aromatic carbocycles. The fourth-order valence-electron chi connectivity index (χ4n) is 5.57. The lowest BCUT2D eigenvalue weighted by Gasteiger charge is -2.30. The first-order valence-electron chi connectivity index (χ1n) is 18.4. The first-order chi connectivity index (χ1) is 27.0. The number of carbonyl (C=O) groups excluding carboxylic acids is 5. The SMILES string of the molecule is CC(C)=C(NC(=O)OC(C)(C)C)C(=O)O[C@@H]1[C@H](OC(=O)[C@@H](NC(=O)OC(C)(C)C)C(C)C)[C@@H](COC(=O)Cc2ccccc2)O[C@@]1(C#N)c1ccc(C(N)=NC=N)[nH]1. The Kier molecular flexibility index (Phi) is 15.3. The van der Waals surface area contributed by atoms with Crippen LogP contribution in [-0.4, -0.2) is 89.4 Å². The normalized spacial score (nSPS) is 19.8. The van der Waals surface area contributed by atoms with Gasteiger partial charge in [0.05, 0.1) is 17.8 Å². The van der Waals surface area contributed by atoms with Crippen LogP contribution in [0.4, 0.5) is 9.59 Å². The molecule has 1 aliphatic heterocycles. The Morgan fingerprint density at radius 1 is 1.00 bits per heavy atom. The minimum absolute atomic E-state index is 0.0590. The highest BCUT2D eigenvalue weighted by atomic mass is 16.7. The van der Waals surface area contributed by atoms with Crippen molar-refractivity contribution in [3.63, 3.8) is 0 Å². The molecule has 0 unspecified atom stereocenters. The standard InChI is InChI=1S/C40H53N7O11/c1-22(2)29(46-36(51)57-38(5,6)7)34(49)54-31-26(19-53-28(48)18-24-14-12-11-13-15-24)56-40(20-41,27-17-16-25(45-27)33(43)44-21-42)32(31)55-35(50)30(23(3)4)47-37(52)58-39(8,9)10/h11-17,21-22,26,29,31-32,45H,18-19H2,1-10H3,(H,46,51)(H,47,52)(H3,42,43,44)/t26-,29+,31-,32-,40+/m1/s1. The van der Waals surface area contributed by atoms with Crippen LogP contribution < -0.4 is 16.4 Å². The number of hydrogen-bond acceptors (Lipinski definition) is 13. The van der Waals surface area contributed by atoms with Crippen molar-refractivity contribution in [2.24, 2.45) is 16.6 Å². The van der Waals surface area contributed by atoms with Gasteiger partial charge in [-0.3, -0.25) is 15.5 Å². The number of aromatic amines is 1. The number of amides is 2. The van der Waals surface area contributed by atoms with Crippen molar-refractivity contribution in [3.05, 3.63) is 70.7 Å². The molecule has 1 saturated heterocycles. The number of carbonyl (C=O) groups is 5. The van der Waals surface area contributed by atoms with Crippen LogP contribution in [0.15, 0.2) is 58.7 Å². The van der Waals surface area contributed by atoms with Crippen molar-refractivity contribution in [1.82, 2.24) is 15.6 Å². The number of amidine groups is 1. The van der Waals surface area contributed by atoms with Gasteiger partial charge in [0.25, 0.3) is 0 Å². The third kappa shape index (κ3) is 12.6. The maximum atomic E-state index is 14.1. The fourth-order valence-corrected chi connectivity index (χ4v) is 5.57. The quantitative estimate of drug-likeness (QED) is 0.0582. The molecule has 1 aliphatic rings. The highest BCUT2D eigenvalue weighted by molar-refractivity contribution is 5.99. The van der Waals surface area contributed by atoms with Crippen molar-refractivity contribution in [3.8, 4) is 6.07 Å². The van der Waals surface area contributed by atoms with Gasteiger partial charge in [-0.05, 0) is 84.6 Å². The van der Waals surface area contributed by atoms with Gasteiger partial charge in [-0.1, -0.05) is 44.2 Å². The first-order valence-corrected chi connectivity index (χ1v) is 18.4. The number of nitrogens with zero attached hydrogens (tertiary/aromatic N) is 2. The van der Waals surface area contributed by atoms with Gasteiger partial charge in [-0.25, -0.2) is 24.2 Å². The largest absolute Gasteiger partial charge is 0.463 e. The summed E-state index contributed by atoms with van der Waals surface area (Å²) in [5.41, 5.74) is 2.47. The zero-order chi connectivity index (χ0) is 43.6. The molecule has 314 valence electrons. The summed E-state index contributed by atoms with van der Waals surface area (Å²) >= 11 is 0. The number of allylic oxidation sites excluding steroid dienone is 1. The number of aromatic nitrogens is 1. The highest BCUT2D eigenvalue weighted by Crippen LogP contribution is 2.43. The number of esters is 3. The third-order valence-electron chi connectivity index (χ3n) is 8.14. The van der Waals surface area contributed by atoms with Crippen molar-refractivity contribution in [1.29, 1.82) is 10.7 Å². The topological polar surface area (TPSA) is 267 Å². The van der Waals surface area contributed by atoms with Gasteiger partial charge >= 0.3 is 30.1 Å². The average molecular weight is 808 g/mol. The number of benzene rings is 1. The number of aliphatic imine (C=N–C) groups is 1. The second kappa shape index (κ2) is 19.3. The molecule has 2 amide bonds. The third-order valence-corrected chi connectivity index (χ3v) is 8.14. The Morgan fingerprint density at radius 3 is 2.17 bits per heavy atom. The number of alkyl carbamates (subject to hydrolysis) is 2. The molecule has 0 bridgehead atoms. The van der Waals surface area contributed by atoms with E-state index in [9.17, 15) is 29.2 Å². The Hall–Kier alpha value is -6.22. The summed E-state index contributed by atoms with van der Waals surface area (Å²) in [7, 11) is 0. The molecule has 2 heterocycles. The van der Waals surface area contributed by atoms with Gasteiger partial charge in [0.1, 0.15) is 53.9 Å². The molecule has 1 aromatic heterocycles. The molecule has 0 spiro atoms. The summed E-state index contributed by atoms with van der Waals surface area (Å²) in [4.78, 5) is 73.6. The monoisotopic (exact) mass is 807 g/mol. The maximum Gasteiger partial charge on any atom is 0.412 e. The van der Waals surface area contributed by atoms with Crippen molar-refractivity contribution >= 4 is 42.3 Å². The molecule has 5 atom stereocenters. The molecule has 6 N–H and O–H groups in total. The zero-order valence-electron chi connectivity index (χ0n) is 34.4. The molecule has 3 rings (SSSR count). The Balaban J connectivity index is 2.18. The van der Waals surface area contributed by atoms with Crippen LogP contribution in [0.25, 0.3) is 0 Å². The lowest BCUT2D eigenvalue weighted by atomic mass is 9.92. The van der Waals surface area contributed by atoms with E-state index in [0.29, 0.717) is 11.9 Å². The highest BCUT2D eigenvalue weighted by Gasteiger charge is 2.62. The van der Waals surface area contributed by atoms with E-state index in [-0.39, 0.29) is 34.9 Å². The van der Waals surface area contributed by atoms with E-state index in [4.69, 9.17) is 39.6 Å². The number of H-pyrrole nitrogens is 1. The van der Waals surface area contributed by atoms with Crippen LogP contribution in [0.5, 0.6) is 0 Å². The van der Waals surface area contributed by atoms with E-state index in [0.717, 1.165) is 0 Å². The Morgan fingerprint density at radius 2 is 1.62 bits per heavy atom. The van der Waals surface area contributed by atoms with Crippen LogP contribution in [0.3, 0.4) is 0 Å². The van der Waals surface area contributed by atoms with E-state index < -0.39 is 83.8 Å². The molecule has 18 nitrogen and oxygen atoms in total. The summed E-state index contributed by atoms with van der Waals surface area (Å²) in [5, 5.41) is 23.2. The number of hydrogen-bond donors (Lipinski definition) is 5. The van der Waals surface area contributed by atoms with Crippen molar-refractivity contribution in [2.75, 3.05) is 6.61 Å². The summed E-state index contributed by atoms with van der Waals surface area (Å²) in [6.07, 6.45) is -6.38. The molecular formula is C40H53N7O11. The number of ether oxygens (including phenoxy) is 6. The second-order valence-corrected chi connectivity index (χ2v) is 15.9. The van der Waals surface area contributed by atoms with Gasteiger partial charge in [0, 0.05) is 0 Å². The molecule has 0 radical (unpaired) electrons. The lowest BCUT2D eigenvalue weighted by Crippen LogP contribution is -2.51. The van der Waals surface area contributed by atoms with Crippen LogP contribution >= 0.6 is 0 Å². The number of nitrogens with two attached hydrogens (primary N) is 1. The van der Waals surface area contributed by atoms with Crippen LogP contribution in [-0.2, 0) is 54.8 Å². The van der Waals surface area contributed by atoms with Gasteiger partial charge in [-0.2, -0.15) is 5.26 Å². The predicted octanol–water partition coefficient (Wildman–Crippen LogP) is 4.42. The van der Waals surface area contributed by atoms with Gasteiger partial charge in [0.2, 0.25) is 5.60 Å². The summed E-state index contributed by atoms with van der Waals surface area (Å²) in [6.45, 7) is 15.5. The van der Waals surface area contributed by atoms with Crippen LogP contribution in [0.1, 0.15) is 86.2 Å². The van der Waals surface area contributed by atoms with E-state index >= 15 is 0 Å². The summed E-state index contributed by atoms with van der Waals surface area (Å²) in [5.74, 6) is -3.62. The van der Waals surface area contributed by atoms with Gasteiger partial charge in [-0.15, -0.1) is 0 Å². The number of nitriles is 1. The molecule has 58 heavy (non-hydrogen) atoms. The van der Waals surface area contributed by atoms with Crippen molar-refractivity contribution < 1.29 is 52.4 Å². The fraction of sp³-hybridized carbons (Fsp3) is 0.500. The predicted molar refractivity (Wildman–Crippen MR) is 209 cm³/mol. The van der Waals surface area contributed by atoms with Gasteiger partial charge < -0.3 is 44.5 Å². The smallest absolute Gasteiger partial charge is 0.412 e. The van der Waals surface area contributed by atoms with E-state index in [1.54, 1.807) is 85.7 Å². The van der Waals surface area contributed by atoms with Crippen LogP contribution in [0.2, 0.25) is 0 Å². The Bertz CT molecular complexity index is 1930. The number of rotatable bonds is 14. The van der Waals surface area contributed by atoms with Gasteiger partial charge in [0.15, 0.2) is 12.2 Å². The first kappa shape index (κ1) is 46.2. The molecule has 1 fully saturated rings. The van der Waals surface area contributed by atoms with E-state index in [1.807, 2.05) is 6.07 Å². The maximum absolute atomic E-state index is 14.1.